The summed E-state index contributed by atoms with van der Waals surface area (Å²) in [5.41, 5.74) is 4.33. The van der Waals surface area contributed by atoms with Gasteiger partial charge in [0.2, 0.25) is 0 Å². The van der Waals surface area contributed by atoms with E-state index in [0.717, 1.165) is 66.4 Å². The largest absolute Gasteiger partial charge is 0.497 e. The molecule has 1 aliphatic heterocycles. The molecule has 7 heteroatoms. The molecule has 2 unspecified atom stereocenters. The van der Waals surface area contributed by atoms with Gasteiger partial charge in [0.25, 0.3) is 0 Å². The number of benzene rings is 2. The van der Waals surface area contributed by atoms with Crippen LogP contribution in [0, 0.1) is 0 Å². The monoisotopic (exact) mass is 417 g/mol. The number of anilines is 1. The third kappa shape index (κ3) is 3.88. The summed E-state index contributed by atoms with van der Waals surface area (Å²) in [6.45, 7) is 1.54. The number of aryl methyl sites for hydroxylation is 1. The van der Waals surface area contributed by atoms with Gasteiger partial charge in [-0.1, -0.05) is 30.3 Å². The number of aromatic nitrogens is 2. The van der Waals surface area contributed by atoms with Crippen LogP contribution in [-0.2, 0) is 12.8 Å². The number of ether oxygens (including phenoxy) is 1. The fraction of sp³-hybridized carbons (Fsp3) is 0.333. The summed E-state index contributed by atoms with van der Waals surface area (Å²) < 4.78 is 7.23. The van der Waals surface area contributed by atoms with Crippen LogP contribution in [0.2, 0.25) is 0 Å². The molecule has 0 radical (unpaired) electrons. The first-order valence-corrected chi connectivity index (χ1v) is 10.8. The van der Waals surface area contributed by atoms with Crippen molar-refractivity contribution in [1.29, 1.82) is 0 Å². The van der Waals surface area contributed by atoms with Gasteiger partial charge in [0.1, 0.15) is 11.6 Å². The Balaban J connectivity index is 1.35. The maximum Gasteiger partial charge on any atom is 0.320 e. The van der Waals surface area contributed by atoms with Crippen molar-refractivity contribution in [2.45, 2.75) is 31.2 Å². The molecule has 1 fully saturated rings. The SMILES string of the molecule is COc1cccc(C2CNCC2NC(=O)Nc2c3c(nn2-c2ccccc2)CCC3)c1. The molecule has 0 bridgehead atoms. The van der Waals surface area contributed by atoms with E-state index in [-0.39, 0.29) is 18.0 Å². The third-order valence-corrected chi connectivity index (χ3v) is 6.19. The first-order chi connectivity index (χ1) is 15.2. The van der Waals surface area contributed by atoms with E-state index in [9.17, 15) is 4.79 Å². The lowest BCUT2D eigenvalue weighted by Gasteiger charge is -2.21. The zero-order valence-electron chi connectivity index (χ0n) is 17.6. The summed E-state index contributed by atoms with van der Waals surface area (Å²) in [7, 11) is 1.67. The molecule has 5 rings (SSSR count). The third-order valence-electron chi connectivity index (χ3n) is 6.19. The molecule has 0 saturated carbocycles. The predicted molar refractivity (Wildman–Crippen MR) is 120 cm³/mol. The number of fused-ring (bicyclic) bond motifs is 1. The molecule has 2 aromatic carbocycles. The van der Waals surface area contributed by atoms with E-state index >= 15 is 0 Å². The van der Waals surface area contributed by atoms with Crippen molar-refractivity contribution in [2.24, 2.45) is 0 Å². The fourth-order valence-electron chi connectivity index (χ4n) is 4.64. The van der Waals surface area contributed by atoms with Gasteiger partial charge in [-0.25, -0.2) is 9.48 Å². The van der Waals surface area contributed by atoms with E-state index in [1.165, 1.54) is 0 Å². The standard InChI is InChI=1S/C24H27N5O2/c1-31-18-10-5-7-16(13-18)20-14-25-15-22(20)26-24(30)27-23-19-11-6-12-21(19)28-29(23)17-8-3-2-4-9-17/h2-5,7-10,13,20,22,25H,6,11-12,14-15H2,1H3,(H2,26,27,30). The number of nitrogens with zero attached hydrogens (tertiary/aromatic N) is 2. The van der Waals surface area contributed by atoms with Crippen molar-refractivity contribution in [2.75, 3.05) is 25.5 Å². The Morgan fingerprint density at radius 3 is 2.84 bits per heavy atom. The molecule has 2 aliphatic rings. The summed E-state index contributed by atoms with van der Waals surface area (Å²) in [5.74, 6) is 1.79. The zero-order valence-corrected chi connectivity index (χ0v) is 17.6. The van der Waals surface area contributed by atoms with Crippen LogP contribution in [0.15, 0.2) is 54.6 Å². The molecule has 1 aliphatic carbocycles. The smallest absolute Gasteiger partial charge is 0.320 e. The van der Waals surface area contributed by atoms with Gasteiger partial charge in [-0.2, -0.15) is 5.10 Å². The fourth-order valence-corrected chi connectivity index (χ4v) is 4.64. The van der Waals surface area contributed by atoms with Crippen LogP contribution in [0.4, 0.5) is 10.6 Å². The second kappa shape index (κ2) is 8.43. The molecule has 3 N–H and O–H groups in total. The van der Waals surface area contributed by atoms with E-state index in [0.29, 0.717) is 0 Å². The first kappa shape index (κ1) is 19.6. The Morgan fingerprint density at radius 1 is 1.13 bits per heavy atom. The molecule has 7 nitrogen and oxygen atoms in total. The van der Waals surface area contributed by atoms with Gasteiger partial charge in [0.15, 0.2) is 0 Å². The predicted octanol–water partition coefficient (Wildman–Crippen LogP) is 3.25. The number of nitrogens with one attached hydrogen (secondary N) is 3. The maximum absolute atomic E-state index is 13.0. The van der Waals surface area contributed by atoms with Crippen LogP contribution in [0.3, 0.4) is 0 Å². The molecule has 0 spiro atoms. The van der Waals surface area contributed by atoms with Crippen LogP contribution in [0.25, 0.3) is 5.69 Å². The van der Waals surface area contributed by atoms with Crippen molar-refractivity contribution in [3.8, 4) is 11.4 Å². The number of rotatable bonds is 5. The van der Waals surface area contributed by atoms with Gasteiger partial charge in [-0.3, -0.25) is 5.32 Å². The summed E-state index contributed by atoms with van der Waals surface area (Å²) in [4.78, 5) is 13.0. The average Bonchev–Trinajstić information content (AvgIpc) is 3.52. The minimum Gasteiger partial charge on any atom is -0.497 e. The molecule has 2 heterocycles. The van der Waals surface area contributed by atoms with Crippen LogP contribution < -0.4 is 20.7 Å². The van der Waals surface area contributed by atoms with Gasteiger partial charge in [-0.05, 0) is 49.1 Å². The van der Waals surface area contributed by atoms with Gasteiger partial charge >= 0.3 is 6.03 Å². The second-order valence-corrected chi connectivity index (χ2v) is 8.12. The Kier molecular flexibility index (Phi) is 5.34. The van der Waals surface area contributed by atoms with Crippen LogP contribution in [0.1, 0.15) is 29.2 Å². The summed E-state index contributed by atoms with van der Waals surface area (Å²) in [5, 5.41) is 14.5. The van der Waals surface area contributed by atoms with Gasteiger partial charge in [-0.15, -0.1) is 0 Å². The van der Waals surface area contributed by atoms with Crippen molar-refractivity contribution >= 4 is 11.8 Å². The molecule has 2 atom stereocenters. The highest BCUT2D eigenvalue weighted by Gasteiger charge is 2.31. The topological polar surface area (TPSA) is 80.2 Å². The Morgan fingerprint density at radius 2 is 2.00 bits per heavy atom. The molecule has 1 saturated heterocycles. The first-order valence-electron chi connectivity index (χ1n) is 10.8. The zero-order chi connectivity index (χ0) is 21.2. The molecule has 160 valence electrons. The molecule has 31 heavy (non-hydrogen) atoms. The maximum atomic E-state index is 13.0. The molecular formula is C24H27N5O2. The highest BCUT2D eigenvalue weighted by molar-refractivity contribution is 5.90. The number of methoxy groups -OCH3 is 1. The number of carbonyl (C=O) groups is 1. The highest BCUT2D eigenvalue weighted by atomic mass is 16.5. The van der Waals surface area contributed by atoms with Crippen molar-refractivity contribution in [1.82, 2.24) is 20.4 Å². The summed E-state index contributed by atoms with van der Waals surface area (Å²) in [6, 6.07) is 17.8. The quantitative estimate of drug-likeness (QED) is 0.595. The van der Waals surface area contributed by atoms with Gasteiger partial charge in [0.05, 0.1) is 24.5 Å². The number of amides is 2. The Bertz CT molecular complexity index is 1080. The average molecular weight is 418 g/mol. The van der Waals surface area contributed by atoms with Crippen molar-refractivity contribution < 1.29 is 9.53 Å². The lowest BCUT2D eigenvalue weighted by Crippen LogP contribution is -2.42. The minimum absolute atomic E-state index is 0.00625. The summed E-state index contributed by atoms with van der Waals surface area (Å²) in [6.07, 6.45) is 2.97. The van der Waals surface area contributed by atoms with Crippen LogP contribution in [-0.4, -0.2) is 42.1 Å². The molecular weight excluding hydrogens is 390 g/mol. The normalized spacial score (nSPS) is 19.8. The van der Waals surface area contributed by atoms with E-state index < -0.39 is 0 Å². The van der Waals surface area contributed by atoms with Crippen LogP contribution >= 0.6 is 0 Å². The lowest BCUT2D eigenvalue weighted by molar-refractivity contribution is 0.248. The number of urea groups is 1. The van der Waals surface area contributed by atoms with E-state index in [4.69, 9.17) is 9.84 Å². The lowest BCUT2D eigenvalue weighted by atomic mass is 9.94. The number of carbonyl (C=O) groups excluding carboxylic acids is 1. The van der Waals surface area contributed by atoms with Gasteiger partial charge < -0.3 is 15.4 Å². The number of para-hydroxylation sites is 1. The van der Waals surface area contributed by atoms with Gasteiger partial charge in [0, 0.05) is 24.6 Å². The van der Waals surface area contributed by atoms with Crippen molar-refractivity contribution in [3.63, 3.8) is 0 Å². The van der Waals surface area contributed by atoms with Crippen LogP contribution in [0.5, 0.6) is 5.75 Å². The van der Waals surface area contributed by atoms with E-state index in [2.05, 4.69) is 22.0 Å². The van der Waals surface area contributed by atoms with E-state index in [1.54, 1.807) is 7.11 Å². The molecule has 2 amide bonds. The Hall–Kier alpha value is -3.32. The second-order valence-electron chi connectivity index (χ2n) is 8.12. The van der Waals surface area contributed by atoms with E-state index in [1.807, 2.05) is 53.2 Å². The Labute approximate surface area is 181 Å². The summed E-state index contributed by atoms with van der Waals surface area (Å²) >= 11 is 0. The highest BCUT2D eigenvalue weighted by Crippen LogP contribution is 2.31. The minimum atomic E-state index is -0.201. The number of hydrogen-bond acceptors (Lipinski definition) is 4. The molecule has 1 aromatic heterocycles. The number of hydrogen-bond donors (Lipinski definition) is 3. The van der Waals surface area contributed by atoms with Crippen molar-refractivity contribution in [3.05, 3.63) is 71.4 Å². The molecule has 3 aromatic rings.